The Kier molecular flexibility index (Phi) is 4.04. The molecule has 2 rings (SSSR count). The van der Waals surface area contributed by atoms with Gasteiger partial charge in [0.2, 0.25) is 0 Å². The van der Waals surface area contributed by atoms with Crippen molar-refractivity contribution in [2.24, 2.45) is 5.73 Å². The smallest absolute Gasteiger partial charge is 0.166 e. The fourth-order valence-electron chi connectivity index (χ4n) is 2.05. The molecule has 0 saturated carbocycles. The van der Waals surface area contributed by atoms with Gasteiger partial charge in [-0.15, -0.1) is 0 Å². The molecule has 0 aromatic heterocycles. The van der Waals surface area contributed by atoms with E-state index in [2.05, 4.69) is 12.2 Å². The van der Waals surface area contributed by atoms with Gasteiger partial charge in [0.1, 0.15) is 6.10 Å². The molecule has 0 saturated heterocycles. The second-order valence-corrected chi connectivity index (χ2v) is 4.17. The summed E-state index contributed by atoms with van der Waals surface area (Å²) in [5.41, 5.74) is 6.71. The Bertz CT molecular complexity index is 379. The lowest BCUT2D eigenvalue weighted by Gasteiger charge is -2.21. The van der Waals surface area contributed by atoms with E-state index in [-0.39, 0.29) is 6.10 Å². The van der Waals surface area contributed by atoms with E-state index >= 15 is 0 Å². The molecule has 1 aliphatic rings. The van der Waals surface area contributed by atoms with Crippen LogP contribution in [0.25, 0.3) is 0 Å². The van der Waals surface area contributed by atoms with Crippen LogP contribution in [0.3, 0.4) is 0 Å². The maximum absolute atomic E-state index is 6.01. The van der Waals surface area contributed by atoms with Crippen LogP contribution in [0.2, 0.25) is 0 Å². The number of hydrogen-bond donors (Lipinski definition) is 1. The average molecular weight is 233 g/mol. The predicted octanol–water partition coefficient (Wildman–Crippen LogP) is 2.64. The highest BCUT2D eigenvalue weighted by atomic mass is 16.5. The van der Waals surface area contributed by atoms with Crippen LogP contribution in [0, 0.1) is 0 Å². The molecule has 0 aliphatic heterocycles. The van der Waals surface area contributed by atoms with E-state index in [4.69, 9.17) is 15.2 Å². The minimum absolute atomic E-state index is 0.144. The van der Waals surface area contributed by atoms with Crippen molar-refractivity contribution in [1.29, 1.82) is 0 Å². The van der Waals surface area contributed by atoms with Gasteiger partial charge in [0.25, 0.3) is 0 Å². The molecule has 92 valence electrons. The molecule has 2 N–H and O–H groups in total. The molecule has 0 spiro atoms. The predicted molar refractivity (Wildman–Crippen MR) is 68.3 cm³/mol. The minimum Gasteiger partial charge on any atom is -0.493 e. The fourth-order valence-corrected chi connectivity index (χ4v) is 2.05. The third kappa shape index (κ3) is 2.80. The Morgan fingerprint density at radius 3 is 2.94 bits per heavy atom. The number of benzene rings is 1. The molecular weight excluding hydrogens is 214 g/mol. The Labute approximate surface area is 102 Å². The molecule has 0 fully saturated rings. The maximum atomic E-state index is 6.01. The number of nitrogens with two attached hydrogens (primary N) is 1. The molecule has 3 heteroatoms. The lowest BCUT2D eigenvalue weighted by Crippen LogP contribution is -2.17. The summed E-state index contributed by atoms with van der Waals surface area (Å²) >= 11 is 0. The highest BCUT2D eigenvalue weighted by Crippen LogP contribution is 2.33. The number of rotatable bonds is 4. The standard InChI is InChI=1S/C14H19NO2/c1-16-13-9-5-6-11(10-15)14(13)17-12-7-3-2-4-8-12/h3,5-7,9,12H,2,4,8,10,15H2,1H3. The van der Waals surface area contributed by atoms with Gasteiger partial charge in [-0.05, 0) is 31.4 Å². The SMILES string of the molecule is COc1cccc(CN)c1OC1C=CCCC1. The molecule has 1 atom stereocenters. The van der Waals surface area contributed by atoms with Crippen molar-refractivity contribution in [3.05, 3.63) is 35.9 Å². The monoisotopic (exact) mass is 233 g/mol. The van der Waals surface area contributed by atoms with Crippen LogP contribution in [-0.4, -0.2) is 13.2 Å². The summed E-state index contributed by atoms with van der Waals surface area (Å²) < 4.78 is 11.3. The van der Waals surface area contributed by atoms with Gasteiger partial charge in [0.05, 0.1) is 7.11 Å². The molecule has 0 amide bonds. The Hall–Kier alpha value is -1.48. The number of para-hydroxylation sites is 1. The lowest BCUT2D eigenvalue weighted by molar-refractivity contribution is 0.217. The zero-order chi connectivity index (χ0) is 12.1. The van der Waals surface area contributed by atoms with Gasteiger partial charge < -0.3 is 15.2 Å². The van der Waals surface area contributed by atoms with Crippen LogP contribution in [0.5, 0.6) is 11.5 Å². The van der Waals surface area contributed by atoms with E-state index in [1.54, 1.807) is 7.11 Å². The zero-order valence-corrected chi connectivity index (χ0v) is 10.2. The summed E-state index contributed by atoms with van der Waals surface area (Å²) in [6.07, 6.45) is 7.81. The first-order chi connectivity index (χ1) is 8.35. The first kappa shape index (κ1) is 12.0. The Balaban J connectivity index is 2.23. The Morgan fingerprint density at radius 1 is 1.41 bits per heavy atom. The van der Waals surface area contributed by atoms with E-state index in [1.807, 2.05) is 18.2 Å². The third-order valence-corrected chi connectivity index (χ3v) is 2.98. The second-order valence-electron chi connectivity index (χ2n) is 4.17. The minimum atomic E-state index is 0.144. The number of ether oxygens (including phenoxy) is 2. The molecule has 1 aliphatic carbocycles. The summed E-state index contributed by atoms with van der Waals surface area (Å²) in [6.45, 7) is 0.461. The van der Waals surface area contributed by atoms with Crippen molar-refractivity contribution in [2.75, 3.05) is 7.11 Å². The highest BCUT2D eigenvalue weighted by Gasteiger charge is 2.15. The number of allylic oxidation sites excluding steroid dienone is 1. The molecule has 1 unspecified atom stereocenters. The van der Waals surface area contributed by atoms with Crippen LogP contribution in [-0.2, 0) is 6.54 Å². The normalized spacial score (nSPS) is 19.1. The van der Waals surface area contributed by atoms with Gasteiger partial charge in [-0.25, -0.2) is 0 Å². The van der Waals surface area contributed by atoms with Crippen LogP contribution in [0.1, 0.15) is 24.8 Å². The average Bonchev–Trinajstić information content (AvgIpc) is 2.40. The van der Waals surface area contributed by atoms with Gasteiger partial charge >= 0.3 is 0 Å². The van der Waals surface area contributed by atoms with E-state index < -0.39 is 0 Å². The van der Waals surface area contributed by atoms with Crippen molar-refractivity contribution in [2.45, 2.75) is 31.9 Å². The van der Waals surface area contributed by atoms with E-state index in [9.17, 15) is 0 Å². The zero-order valence-electron chi connectivity index (χ0n) is 10.2. The summed E-state index contributed by atoms with van der Waals surface area (Å²) in [5, 5.41) is 0. The van der Waals surface area contributed by atoms with Gasteiger partial charge in [-0.3, -0.25) is 0 Å². The molecule has 0 heterocycles. The van der Waals surface area contributed by atoms with E-state index in [1.165, 1.54) is 6.42 Å². The van der Waals surface area contributed by atoms with Gasteiger partial charge in [0, 0.05) is 12.1 Å². The second kappa shape index (κ2) is 5.73. The molecule has 0 radical (unpaired) electrons. The van der Waals surface area contributed by atoms with Crippen molar-refractivity contribution in [3.8, 4) is 11.5 Å². The Morgan fingerprint density at radius 2 is 2.29 bits per heavy atom. The number of methoxy groups -OCH3 is 1. The molecule has 1 aromatic carbocycles. The van der Waals surface area contributed by atoms with Gasteiger partial charge in [0.15, 0.2) is 11.5 Å². The number of hydrogen-bond acceptors (Lipinski definition) is 3. The summed E-state index contributed by atoms with van der Waals surface area (Å²) in [5.74, 6) is 1.54. The molecule has 17 heavy (non-hydrogen) atoms. The summed E-state index contributed by atoms with van der Waals surface area (Å²) in [4.78, 5) is 0. The molecule has 3 nitrogen and oxygen atoms in total. The fraction of sp³-hybridized carbons (Fsp3) is 0.429. The largest absolute Gasteiger partial charge is 0.493 e. The molecule has 1 aromatic rings. The lowest BCUT2D eigenvalue weighted by atomic mass is 10.1. The van der Waals surface area contributed by atoms with Crippen LogP contribution >= 0.6 is 0 Å². The van der Waals surface area contributed by atoms with E-state index in [0.29, 0.717) is 6.54 Å². The quantitative estimate of drug-likeness (QED) is 0.813. The highest BCUT2D eigenvalue weighted by molar-refractivity contribution is 5.46. The van der Waals surface area contributed by atoms with Crippen LogP contribution in [0.4, 0.5) is 0 Å². The topological polar surface area (TPSA) is 44.5 Å². The van der Waals surface area contributed by atoms with Crippen molar-refractivity contribution >= 4 is 0 Å². The summed E-state index contributed by atoms with van der Waals surface area (Å²) in [7, 11) is 1.65. The third-order valence-electron chi connectivity index (χ3n) is 2.98. The van der Waals surface area contributed by atoms with Crippen molar-refractivity contribution in [3.63, 3.8) is 0 Å². The van der Waals surface area contributed by atoms with Crippen LogP contribution < -0.4 is 15.2 Å². The maximum Gasteiger partial charge on any atom is 0.166 e. The van der Waals surface area contributed by atoms with Crippen molar-refractivity contribution in [1.82, 2.24) is 0 Å². The summed E-state index contributed by atoms with van der Waals surface area (Å²) in [6, 6.07) is 5.82. The molecular formula is C14H19NO2. The van der Waals surface area contributed by atoms with E-state index in [0.717, 1.165) is 29.9 Å². The van der Waals surface area contributed by atoms with Gasteiger partial charge in [-0.1, -0.05) is 18.2 Å². The molecule has 0 bridgehead atoms. The first-order valence-electron chi connectivity index (χ1n) is 6.04. The van der Waals surface area contributed by atoms with Crippen molar-refractivity contribution < 1.29 is 9.47 Å². The van der Waals surface area contributed by atoms with Crippen LogP contribution in [0.15, 0.2) is 30.4 Å². The van der Waals surface area contributed by atoms with Gasteiger partial charge in [-0.2, -0.15) is 0 Å². The first-order valence-corrected chi connectivity index (χ1v) is 6.04.